The summed E-state index contributed by atoms with van der Waals surface area (Å²) < 4.78 is 4.97. The molecule has 2 unspecified atom stereocenters. The maximum Gasteiger partial charge on any atom is 0.311 e. The van der Waals surface area contributed by atoms with E-state index >= 15 is 0 Å². The smallest absolute Gasteiger partial charge is 0.311 e. The molecule has 4 heteroatoms. The highest BCUT2D eigenvalue weighted by atomic mass is 35.5. The van der Waals surface area contributed by atoms with Gasteiger partial charge < -0.3 is 9.84 Å². The summed E-state index contributed by atoms with van der Waals surface area (Å²) in [5.74, 6) is -0.774. The van der Waals surface area contributed by atoms with Crippen molar-refractivity contribution < 1.29 is 14.6 Å². The molecule has 2 rings (SSSR count). The Balaban J connectivity index is 2.24. The second kappa shape index (κ2) is 5.07. The number of hydrogen-bond donors (Lipinski definition) is 1. The van der Waals surface area contributed by atoms with Gasteiger partial charge in [0.2, 0.25) is 0 Å². The summed E-state index contributed by atoms with van der Waals surface area (Å²) in [6.07, 6.45) is 0.569. The first-order valence-electron chi connectivity index (χ1n) is 5.76. The molecule has 1 aliphatic carbocycles. The van der Waals surface area contributed by atoms with Crippen LogP contribution in [0.2, 0.25) is 5.02 Å². The fourth-order valence-corrected chi connectivity index (χ4v) is 2.46. The normalized spacial score (nSPS) is 23.0. The van der Waals surface area contributed by atoms with E-state index in [-0.39, 0.29) is 5.97 Å². The van der Waals surface area contributed by atoms with Gasteiger partial charge in [-0.15, -0.1) is 0 Å². The van der Waals surface area contributed by atoms with E-state index < -0.39 is 12.0 Å². The maximum absolute atomic E-state index is 11.7. The molecular formula is C13H15ClO3. The van der Waals surface area contributed by atoms with E-state index in [9.17, 15) is 9.90 Å². The molecule has 92 valence electrons. The highest BCUT2D eigenvalue weighted by Crippen LogP contribution is 2.36. The molecule has 1 N–H and O–H groups in total. The highest BCUT2D eigenvalue weighted by molar-refractivity contribution is 6.30. The number of hydrogen-bond acceptors (Lipinski definition) is 3. The van der Waals surface area contributed by atoms with Gasteiger partial charge in [0.15, 0.2) is 0 Å². The number of aliphatic hydroxyl groups excluding tert-OH is 1. The number of carbonyl (C=O) groups is 1. The Hall–Kier alpha value is -1.06. The minimum atomic E-state index is -0.782. The van der Waals surface area contributed by atoms with Crippen molar-refractivity contribution in [1.82, 2.24) is 0 Å². The zero-order valence-corrected chi connectivity index (χ0v) is 10.4. The topological polar surface area (TPSA) is 46.5 Å². The number of fused-ring (bicyclic) bond motifs is 1. The van der Waals surface area contributed by atoms with Crippen LogP contribution in [-0.2, 0) is 16.0 Å². The molecule has 0 spiro atoms. The second-order valence-corrected chi connectivity index (χ2v) is 4.62. The van der Waals surface area contributed by atoms with Crippen molar-refractivity contribution in [2.45, 2.75) is 25.9 Å². The van der Waals surface area contributed by atoms with Gasteiger partial charge in [-0.1, -0.05) is 17.7 Å². The van der Waals surface area contributed by atoms with Crippen molar-refractivity contribution in [2.75, 3.05) is 6.61 Å². The fraction of sp³-hybridized carbons (Fsp3) is 0.462. The van der Waals surface area contributed by atoms with Gasteiger partial charge in [0.25, 0.3) is 0 Å². The largest absolute Gasteiger partial charge is 0.466 e. The standard InChI is InChI=1S/C13H15ClO3/c1-2-17-13(16)11-5-3-8-7-9(14)4-6-10(8)12(11)15/h4,6-7,11-12,15H,2-3,5H2,1H3. The van der Waals surface area contributed by atoms with Crippen molar-refractivity contribution in [3.63, 3.8) is 0 Å². The molecule has 0 heterocycles. The number of benzene rings is 1. The van der Waals surface area contributed by atoms with Crippen LogP contribution in [0.1, 0.15) is 30.6 Å². The van der Waals surface area contributed by atoms with Crippen LogP contribution in [0.4, 0.5) is 0 Å². The van der Waals surface area contributed by atoms with Crippen molar-refractivity contribution in [1.29, 1.82) is 0 Å². The summed E-state index contributed by atoms with van der Waals surface area (Å²) in [4.78, 5) is 11.7. The first kappa shape index (κ1) is 12.4. The monoisotopic (exact) mass is 254 g/mol. The molecule has 0 saturated carbocycles. The molecule has 1 aromatic carbocycles. The Morgan fingerprint density at radius 3 is 3.06 bits per heavy atom. The van der Waals surface area contributed by atoms with E-state index in [2.05, 4.69) is 0 Å². The molecule has 0 aliphatic heterocycles. The maximum atomic E-state index is 11.7. The van der Waals surface area contributed by atoms with Gasteiger partial charge in [-0.3, -0.25) is 4.79 Å². The van der Waals surface area contributed by atoms with Crippen LogP contribution in [0.15, 0.2) is 18.2 Å². The van der Waals surface area contributed by atoms with Crippen LogP contribution in [0.5, 0.6) is 0 Å². The number of halogens is 1. The van der Waals surface area contributed by atoms with Gasteiger partial charge in [0.1, 0.15) is 0 Å². The van der Waals surface area contributed by atoms with Gasteiger partial charge >= 0.3 is 5.97 Å². The Labute approximate surface area is 105 Å². The quantitative estimate of drug-likeness (QED) is 0.825. The lowest BCUT2D eigenvalue weighted by molar-refractivity contribution is -0.153. The average molecular weight is 255 g/mol. The molecular weight excluding hydrogens is 240 g/mol. The molecule has 0 amide bonds. The highest BCUT2D eigenvalue weighted by Gasteiger charge is 2.34. The molecule has 3 nitrogen and oxygen atoms in total. The van der Waals surface area contributed by atoms with Gasteiger partial charge in [-0.25, -0.2) is 0 Å². The van der Waals surface area contributed by atoms with Crippen LogP contribution in [-0.4, -0.2) is 17.7 Å². The van der Waals surface area contributed by atoms with Crippen LogP contribution in [0.3, 0.4) is 0 Å². The lowest BCUT2D eigenvalue weighted by Crippen LogP contribution is -2.29. The van der Waals surface area contributed by atoms with Crippen molar-refractivity contribution >= 4 is 17.6 Å². The van der Waals surface area contributed by atoms with E-state index in [1.165, 1.54) is 0 Å². The fourth-order valence-electron chi connectivity index (χ4n) is 2.26. The predicted molar refractivity (Wildman–Crippen MR) is 64.9 cm³/mol. The van der Waals surface area contributed by atoms with Gasteiger partial charge in [-0.2, -0.15) is 0 Å². The third-order valence-electron chi connectivity index (χ3n) is 3.12. The lowest BCUT2D eigenvalue weighted by atomic mass is 9.81. The van der Waals surface area contributed by atoms with E-state index in [0.717, 1.165) is 17.5 Å². The SMILES string of the molecule is CCOC(=O)C1CCc2cc(Cl)ccc2C1O. The van der Waals surface area contributed by atoms with Crippen LogP contribution in [0.25, 0.3) is 0 Å². The number of rotatable bonds is 2. The summed E-state index contributed by atoms with van der Waals surface area (Å²) in [6.45, 7) is 2.11. The molecule has 1 aliphatic rings. The summed E-state index contributed by atoms with van der Waals surface area (Å²) in [7, 11) is 0. The molecule has 2 atom stereocenters. The summed E-state index contributed by atoms with van der Waals surface area (Å²) in [5.41, 5.74) is 1.81. The molecule has 0 saturated heterocycles. The average Bonchev–Trinajstić information content (AvgIpc) is 2.29. The molecule has 0 aromatic heterocycles. The summed E-state index contributed by atoms with van der Waals surface area (Å²) >= 11 is 5.90. The van der Waals surface area contributed by atoms with Crippen molar-refractivity contribution in [3.05, 3.63) is 34.3 Å². The van der Waals surface area contributed by atoms with Crippen molar-refractivity contribution in [2.24, 2.45) is 5.92 Å². The first-order chi connectivity index (χ1) is 8.13. The van der Waals surface area contributed by atoms with Gasteiger partial charge in [0.05, 0.1) is 18.6 Å². The molecule has 17 heavy (non-hydrogen) atoms. The number of ether oxygens (including phenoxy) is 1. The molecule has 0 bridgehead atoms. The Bertz CT molecular complexity index is 431. The molecule has 1 aromatic rings. The Morgan fingerprint density at radius 2 is 2.35 bits per heavy atom. The number of aliphatic hydroxyl groups is 1. The van der Waals surface area contributed by atoms with Crippen LogP contribution >= 0.6 is 11.6 Å². The van der Waals surface area contributed by atoms with Crippen molar-refractivity contribution in [3.8, 4) is 0 Å². The third-order valence-corrected chi connectivity index (χ3v) is 3.35. The number of aryl methyl sites for hydroxylation is 1. The minimum absolute atomic E-state index is 0.319. The summed E-state index contributed by atoms with van der Waals surface area (Å²) in [6, 6.07) is 5.37. The zero-order valence-electron chi connectivity index (χ0n) is 9.65. The Morgan fingerprint density at radius 1 is 1.59 bits per heavy atom. The zero-order chi connectivity index (χ0) is 12.4. The van der Waals surface area contributed by atoms with Crippen LogP contribution in [0, 0.1) is 5.92 Å². The second-order valence-electron chi connectivity index (χ2n) is 4.19. The molecule has 0 fully saturated rings. The number of esters is 1. The van der Waals surface area contributed by atoms with E-state index in [4.69, 9.17) is 16.3 Å². The lowest BCUT2D eigenvalue weighted by Gasteiger charge is -2.28. The predicted octanol–water partition coefficient (Wildman–Crippen LogP) is 2.50. The third kappa shape index (κ3) is 2.45. The first-order valence-corrected chi connectivity index (χ1v) is 6.14. The van der Waals surface area contributed by atoms with E-state index in [1.807, 2.05) is 6.07 Å². The minimum Gasteiger partial charge on any atom is -0.466 e. The van der Waals surface area contributed by atoms with Gasteiger partial charge in [-0.05, 0) is 43.0 Å². The van der Waals surface area contributed by atoms with Gasteiger partial charge in [0, 0.05) is 5.02 Å². The van der Waals surface area contributed by atoms with E-state index in [1.54, 1.807) is 19.1 Å². The van der Waals surface area contributed by atoms with E-state index in [0.29, 0.717) is 18.1 Å². The number of carbonyl (C=O) groups excluding carboxylic acids is 1. The molecule has 0 radical (unpaired) electrons. The summed E-state index contributed by atoms with van der Waals surface area (Å²) in [5, 5.41) is 10.8. The Kier molecular flexibility index (Phi) is 3.69. The van der Waals surface area contributed by atoms with Crippen LogP contribution < -0.4 is 0 Å².